The summed E-state index contributed by atoms with van der Waals surface area (Å²) in [7, 11) is 0. The number of hydrogen-bond donors (Lipinski definition) is 2. The first-order valence-corrected chi connectivity index (χ1v) is 15.4. The van der Waals surface area contributed by atoms with Crippen molar-refractivity contribution < 1.29 is 19.1 Å². The molecule has 4 atom stereocenters. The molecule has 0 heterocycles. The van der Waals surface area contributed by atoms with Gasteiger partial charge in [0.2, 0.25) is 11.8 Å². The van der Waals surface area contributed by atoms with Gasteiger partial charge in [-0.15, -0.1) is 0 Å². The maximum absolute atomic E-state index is 14.5. The molecule has 3 amide bonds. The zero-order valence-electron chi connectivity index (χ0n) is 27.0. The Morgan fingerprint density at radius 3 is 2.02 bits per heavy atom. The number of carbonyl (C=O) groups is 3. The molecule has 1 aromatic rings. The number of alkyl carbamates (subject to hydrolysis) is 1. The summed E-state index contributed by atoms with van der Waals surface area (Å²) in [6, 6.07) is 4.33. The highest BCUT2D eigenvalue weighted by atomic mass is 16.6. The molecule has 0 aliphatic rings. The van der Waals surface area contributed by atoms with E-state index in [0.29, 0.717) is 13.0 Å². The third kappa shape index (κ3) is 11.5. The highest BCUT2D eigenvalue weighted by Crippen LogP contribution is 2.30. The van der Waals surface area contributed by atoms with Crippen molar-refractivity contribution in [3.05, 3.63) is 34.9 Å². The molecule has 0 saturated heterocycles. The summed E-state index contributed by atoms with van der Waals surface area (Å²) in [5.74, 6) is -0.578. The van der Waals surface area contributed by atoms with E-state index in [-0.39, 0.29) is 23.8 Å². The van der Waals surface area contributed by atoms with Gasteiger partial charge >= 0.3 is 6.09 Å². The van der Waals surface area contributed by atoms with Crippen LogP contribution in [0.3, 0.4) is 0 Å². The lowest BCUT2D eigenvalue weighted by Gasteiger charge is -2.37. The van der Waals surface area contributed by atoms with Gasteiger partial charge in [-0.1, -0.05) is 84.4 Å². The Morgan fingerprint density at radius 1 is 0.900 bits per heavy atom. The third-order valence-electron chi connectivity index (χ3n) is 7.42. The second-order valence-electron chi connectivity index (χ2n) is 12.4. The third-order valence-corrected chi connectivity index (χ3v) is 7.42. The monoisotopic (exact) mass is 559 g/mol. The normalized spacial score (nSPS) is 14.6. The zero-order valence-corrected chi connectivity index (χ0v) is 27.0. The zero-order chi connectivity index (χ0) is 30.5. The predicted octanol–water partition coefficient (Wildman–Crippen LogP) is 7.39. The molecule has 0 aliphatic heterocycles. The number of nitrogens with one attached hydrogen (secondary N) is 2. The molecule has 40 heavy (non-hydrogen) atoms. The van der Waals surface area contributed by atoms with Gasteiger partial charge in [-0.2, -0.15) is 0 Å². The van der Waals surface area contributed by atoms with Crippen LogP contribution in [0.25, 0.3) is 0 Å². The quantitative estimate of drug-likeness (QED) is 0.207. The molecule has 2 N–H and O–H groups in total. The lowest BCUT2D eigenvalue weighted by Crippen LogP contribution is -2.56. The number of carbonyl (C=O) groups excluding carboxylic acids is 3. The molecule has 1 rings (SSSR count). The first-order chi connectivity index (χ1) is 18.8. The van der Waals surface area contributed by atoms with Crippen LogP contribution in [0.15, 0.2) is 18.2 Å². The molecule has 0 saturated carbocycles. The van der Waals surface area contributed by atoms with Gasteiger partial charge in [0.15, 0.2) is 0 Å². The fraction of sp³-hybridized carbons (Fsp3) is 0.727. The molecular formula is C33H57N3O4. The maximum Gasteiger partial charge on any atom is 0.408 e. The van der Waals surface area contributed by atoms with Gasteiger partial charge in [0.1, 0.15) is 17.7 Å². The average Bonchev–Trinajstić information content (AvgIpc) is 2.85. The van der Waals surface area contributed by atoms with Crippen LogP contribution < -0.4 is 10.6 Å². The van der Waals surface area contributed by atoms with E-state index in [1.807, 2.05) is 52.8 Å². The molecule has 0 fully saturated rings. The smallest absolute Gasteiger partial charge is 0.408 e. The molecule has 1 aromatic carbocycles. The summed E-state index contributed by atoms with van der Waals surface area (Å²) < 4.78 is 5.53. The van der Waals surface area contributed by atoms with Crippen LogP contribution in [-0.4, -0.2) is 47.0 Å². The van der Waals surface area contributed by atoms with Crippen LogP contribution in [0.5, 0.6) is 0 Å². The molecule has 0 aromatic heterocycles. The van der Waals surface area contributed by atoms with E-state index in [2.05, 4.69) is 24.5 Å². The Morgan fingerprint density at radius 2 is 1.50 bits per heavy atom. The number of nitrogens with zero attached hydrogens (tertiary/aromatic N) is 1. The summed E-state index contributed by atoms with van der Waals surface area (Å²) in [5.41, 5.74) is 2.09. The Balaban J connectivity index is 3.62. The molecule has 0 aliphatic carbocycles. The lowest BCUT2D eigenvalue weighted by molar-refractivity contribution is -0.143. The predicted molar refractivity (Wildman–Crippen MR) is 164 cm³/mol. The maximum atomic E-state index is 14.5. The standard InChI is InChI=1S/C33H57N3O4/c1-11-14-15-16-17-22-36(31(38)28(23(4)13-3)35-32(39)40-33(8,9)10)29(30(37)34-26(7)19-12-2)27-24(5)20-18-21-25(27)6/h18,20-21,23,26,28-29H,11-17,19,22H2,1-10H3,(H,34,37)(H,35,39). The molecular weight excluding hydrogens is 502 g/mol. The van der Waals surface area contributed by atoms with Crippen molar-refractivity contribution >= 4 is 17.9 Å². The van der Waals surface area contributed by atoms with Crippen LogP contribution in [-0.2, 0) is 14.3 Å². The Hall–Kier alpha value is -2.57. The number of benzene rings is 1. The highest BCUT2D eigenvalue weighted by Gasteiger charge is 2.39. The Kier molecular flexibility index (Phi) is 15.3. The molecule has 0 radical (unpaired) electrons. The molecule has 0 spiro atoms. The number of amides is 3. The Labute approximate surface area is 244 Å². The second-order valence-corrected chi connectivity index (χ2v) is 12.4. The summed E-state index contributed by atoms with van der Waals surface area (Å²) in [5, 5.41) is 6.06. The summed E-state index contributed by atoms with van der Waals surface area (Å²) in [4.78, 5) is 43.2. The molecule has 4 unspecified atom stereocenters. The van der Waals surface area contributed by atoms with Crippen molar-refractivity contribution in [1.82, 2.24) is 15.5 Å². The van der Waals surface area contributed by atoms with Gasteiger partial charge in [-0.3, -0.25) is 9.59 Å². The van der Waals surface area contributed by atoms with E-state index in [1.54, 1.807) is 25.7 Å². The lowest BCUT2D eigenvalue weighted by atomic mass is 9.91. The first kappa shape index (κ1) is 35.5. The van der Waals surface area contributed by atoms with Gasteiger partial charge in [0.05, 0.1) is 0 Å². The van der Waals surface area contributed by atoms with Gasteiger partial charge in [0.25, 0.3) is 0 Å². The number of unbranched alkanes of at least 4 members (excludes halogenated alkanes) is 4. The van der Waals surface area contributed by atoms with Crippen LogP contribution in [0.1, 0.15) is 129 Å². The molecule has 228 valence electrons. The number of hydrogen-bond acceptors (Lipinski definition) is 4. The van der Waals surface area contributed by atoms with E-state index in [0.717, 1.165) is 61.6 Å². The minimum Gasteiger partial charge on any atom is -0.444 e. The minimum atomic E-state index is -0.816. The number of ether oxygens (including phenoxy) is 1. The highest BCUT2D eigenvalue weighted by molar-refractivity contribution is 5.92. The number of rotatable bonds is 16. The minimum absolute atomic E-state index is 0.0175. The summed E-state index contributed by atoms with van der Waals surface area (Å²) in [6.45, 7) is 20.0. The van der Waals surface area contributed by atoms with Crippen molar-refractivity contribution in [3.63, 3.8) is 0 Å². The average molecular weight is 560 g/mol. The van der Waals surface area contributed by atoms with Crippen LogP contribution in [0, 0.1) is 19.8 Å². The fourth-order valence-electron chi connectivity index (χ4n) is 5.06. The molecule has 0 bridgehead atoms. The van der Waals surface area contributed by atoms with Crippen molar-refractivity contribution in [2.45, 2.75) is 144 Å². The van der Waals surface area contributed by atoms with Gasteiger partial charge < -0.3 is 20.3 Å². The molecule has 7 heteroatoms. The van der Waals surface area contributed by atoms with Gasteiger partial charge in [-0.25, -0.2) is 4.79 Å². The molecule has 7 nitrogen and oxygen atoms in total. The van der Waals surface area contributed by atoms with Crippen LogP contribution in [0.2, 0.25) is 0 Å². The summed E-state index contributed by atoms with van der Waals surface area (Å²) >= 11 is 0. The van der Waals surface area contributed by atoms with Crippen LogP contribution in [0.4, 0.5) is 4.79 Å². The Bertz CT molecular complexity index is 920. The van der Waals surface area contributed by atoms with Crippen molar-refractivity contribution in [2.24, 2.45) is 5.92 Å². The second kappa shape index (κ2) is 17.3. The van der Waals surface area contributed by atoms with Crippen molar-refractivity contribution in [2.75, 3.05) is 6.54 Å². The number of aryl methyl sites for hydroxylation is 2. The van der Waals surface area contributed by atoms with E-state index in [1.165, 1.54) is 0 Å². The van der Waals surface area contributed by atoms with Crippen molar-refractivity contribution in [1.29, 1.82) is 0 Å². The van der Waals surface area contributed by atoms with Crippen molar-refractivity contribution in [3.8, 4) is 0 Å². The van der Waals surface area contributed by atoms with E-state index < -0.39 is 23.8 Å². The summed E-state index contributed by atoms with van der Waals surface area (Å²) in [6.07, 6.45) is 6.96. The van der Waals surface area contributed by atoms with Gasteiger partial charge in [0, 0.05) is 12.6 Å². The fourth-order valence-corrected chi connectivity index (χ4v) is 5.06. The van der Waals surface area contributed by atoms with Crippen LogP contribution >= 0.6 is 0 Å². The largest absolute Gasteiger partial charge is 0.444 e. The van der Waals surface area contributed by atoms with E-state index in [9.17, 15) is 14.4 Å². The van der Waals surface area contributed by atoms with E-state index >= 15 is 0 Å². The topological polar surface area (TPSA) is 87.7 Å². The van der Waals surface area contributed by atoms with E-state index in [4.69, 9.17) is 4.74 Å². The first-order valence-electron chi connectivity index (χ1n) is 15.4. The SMILES string of the molecule is CCCCCCCN(C(=O)C(NC(=O)OC(C)(C)C)C(C)CC)C(C(=O)NC(C)CCC)c1c(C)cccc1C. The van der Waals surface area contributed by atoms with Gasteiger partial charge in [-0.05, 0) is 77.0 Å².